The first-order valence-corrected chi connectivity index (χ1v) is 14.1. The van der Waals surface area contributed by atoms with E-state index in [-0.39, 0.29) is 0 Å². The summed E-state index contributed by atoms with van der Waals surface area (Å²) in [6.07, 6.45) is 6.53. The zero-order chi connectivity index (χ0) is 28.2. The quantitative estimate of drug-likeness (QED) is 0.226. The summed E-state index contributed by atoms with van der Waals surface area (Å²) in [5.74, 6) is 0. The van der Waals surface area contributed by atoms with E-state index >= 15 is 0 Å². The van der Waals surface area contributed by atoms with Gasteiger partial charge in [-0.3, -0.25) is 0 Å². The Kier molecular flexibility index (Phi) is 5.36. The number of benzene rings is 5. The molecule has 0 unspecified atom stereocenters. The van der Waals surface area contributed by atoms with Gasteiger partial charge in [-0.2, -0.15) is 10.5 Å². The van der Waals surface area contributed by atoms with Gasteiger partial charge in [-0.05, 0) is 90.7 Å². The number of nitrogens with zero attached hydrogens (tertiary/aromatic N) is 4. The summed E-state index contributed by atoms with van der Waals surface area (Å²) < 4.78 is 4.66. The van der Waals surface area contributed by atoms with E-state index in [1.807, 2.05) is 24.3 Å². The summed E-state index contributed by atoms with van der Waals surface area (Å²) in [5, 5.41) is 23.5. The molecule has 8 rings (SSSR count). The first kappa shape index (κ1) is 24.0. The molecule has 0 spiro atoms. The molecule has 4 nitrogen and oxygen atoms in total. The highest BCUT2D eigenvalue weighted by Crippen LogP contribution is 2.38. The van der Waals surface area contributed by atoms with E-state index in [9.17, 15) is 10.5 Å². The molecule has 0 aliphatic heterocycles. The monoisotopic (exact) mass is 536 g/mol. The predicted molar refractivity (Wildman–Crippen MR) is 171 cm³/mol. The molecule has 0 radical (unpaired) electrons. The highest BCUT2D eigenvalue weighted by atomic mass is 15.0. The van der Waals surface area contributed by atoms with Gasteiger partial charge in [0.1, 0.15) is 0 Å². The van der Waals surface area contributed by atoms with Gasteiger partial charge in [0.2, 0.25) is 0 Å². The second kappa shape index (κ2) is 9.37. The Morgan fingerprint density at radius 3 is 1.81 bits per heavy atom. The number of para-hydroxylation sites is 2. The lowest BCUT2D eigenvalue weighted by Gasteiger charge is -2.18. The summed E-state index contributed by atoms with van der Waals surface area (Å²) in [7, 11) is 0. The summed E-state index contributed by atoms with van der Waals surface area (Å²) in [6.45, 7) is 0. The van der Waals surface area contributed by atoms with E-state index in [2.05, 4.69) is 118 Å². The molecule has 0 saturated heterocycles. The fraction of sp³-hybridized carbons (Fsp3) is 0.0526. The van der Waals surface area contributed by atoms with Crippen molar-refractivity contribution in [3.8, 4) is 17.8 Å². The zero-order valence-electron chi connectivity index (χ0n) is 22.8. The molecule has 2 aromatic heterocycles. The number of allylic oxidation sites excluding steroid dienone is 4. The molecule has 5 aromatic carbocycles. The van der Waals surface area contributed by atoms with Gasteiger partial charge in [-0.1, -0.05) is 54.6 Å². The Labute approximate surface area is 242 Å². The molecule has 2 heterocycles. The van der Waals surface area contributed by atoms with Crippen LogP contribution in [0.2, 0.25) is 0 Å². The van der Waals surface area contributed by atoms with Crippen molar-refractivity contribution in [1.29, 1.82) is 10.5 Å². The topological polar surface area (TPSA) is 57.4 Å². The second-order valence-electron chi connectivity index (χ2n) is 10.8. The van der Waals surface area contributed by atoms with Crippen LogP contribution < -0.4 is 0 Å². The maximum atomic E-state index is 9.53. The van der Waals surface area contributed by atoms with Crippen molar-refractivity contribution < 1.29 is 0 Å². The molecule has 0 fully saturated rings. The molecule has 42 heavy (non-hydrogen) atoms. The normalized spacial score (nSPS) is 13.3. The molecule has 1 aliphatic rings. The number of rotatable bonds is 3. The van der Waals surface area contributed by atoms with Crippen LogP contribution in [0.4, 0.5) is 0 Å². The molecule has 0 N–H and O–H groups in total. The van der Waals surface area contributed by atoms with Crippen molar-refractivity contribution in [2.75, 3.05) is 0 Å². The van der Waals surface area contributed by atoms with Crippen LogP contribution in [0.25, 0.3) is 60.6 Å². The van der Waals surface area contributed by atoms with Crippen molar-refractivity contribution in [3.63, 3.8) is 0 Å². The maximum absolute atomic E-state index is 9.53. The average molecular weight is 537 g/mol. The largest absolute Gasteiger partial charge is 0.313 e. The Bertz CT molecular complexity index is 2380. The molecular weight excluding hydrogens is 512 g/mol. The van der Waals surface area contributed by atoms with Gasteiger partial charge in [0, 0.05) is 32.9 Å². The Morgan fingerprint density at radius 2 is 1.14 bits per heavy atom. The van der Waals surface area contributed by atoms with Crippen LogP contribution in [0.1, 0.15) is 29.5 Å². The van der Waals surface area contributed by atoms with Gasteiger partial charge >= 0.3 is 0 Å². The number of fused-ring (bicyclic) bond motifs is 6. The van der Waals surface area contributed by atoms with Crippen LogP contribution in [-0.4, -0.2) is 9.13 Å². The third-order valence-electron chi connectivity index (χ3n) is 8.42. The van der Waals surface area contributed by atoms with Crippen molar-refractivity contribution in [2.24, 2.45) is 0 Å². The van der Waals surface area contributed by atoms with E-state index in [0.717, 1.165) is 67.7 Å². The van der Waals surface area contributed by atoms with Crippen LogP contribution in [0.15, 0.2) is 121 Å². The molecule has 196 valence electrons. The highest BCUT2D eigenvalue weighted by molar-refractivity contribution is 6.11. The van der Waals surface area contributed by atoms with E-state index in [1.54, 1.807) is 0 Å². The molecule has 0 amide bonds. The lowest BCUT2D eigenvalue weighted by molar-refractivity contribution is 0.982. The average Bonchev–Trinajstić information content (AvgIpc) is 3.57. The minimum Gasteiger partial charge on any atom is -0.313 e. The molecule has 0 bridgehead atoms. The fourth-order valence-corrected chi connectivity index (χ4v) is 6.56. The molecule has 0 saturated carbocycles. The summed E-state index contributed by atoms with van der Waals surface area (Å²) in [5.41, 5.74) is 10.5. The molecule has 4 heteroatoms. The van der Waals surface area contributed by atoms with E-state index in [1.165, 1.54) is 11.3 Å². The number of aromatic nitrogens is 2. The predicted octanol–water partition coefficient (Wildman–Crippen LogP) is 9.35. The van der Waals surface area contributed by atoms with Gasteiger partial charge in [0.15, 0.2) is 0 Å². The van der Waals surface area contributed by atoms with Crippen molar-refractivity contribution in [2.45, 2.75) is 12.8 Å². The SMILES string of the molecule is N#Cc1ccc2c(c1)c1ccccc1n2C1=CC(c2cccc(-n3c4ccccc4c4cc(C#N)ccc43)c2)=CCC1. The van der Waals surface area contributed by atoms with Crippen LogP contribution in [0, 0.1) is 22.7 Å². The van der Waals surface area contributed by atoms with Crippen LogP contribution >= 0.6 is 0 Å². The minimum absolute atomic E-state index is 0.665. The van der Waals surface area contributed by atoms with Crippen LogP contribution in [0.5, 0.6) is 0 Å². The minimum atomic E-state index is 0.665. The van der Waals surface area contributed by atoms with Crippen molar-refractivity contribution in [1.82, 2.24) is 9.13 Å². The van der Waals surface area contributed by atoms with Gasteiger partial charge in [-0.15, -0.1) is 0 Å². The fourth-order valence-electron chi connectivity index (χ4n) is 6.56. The van der Waals surface area contributed by atoms with Gasteiger partial charge in [0.25, 0.3) is 0 Å². The zero-order valence-corrected chi connectivity index (χ0v) is 22.8. The molecule has 1 aliphatic carbocycles. The highest BCUT2D eigenvalue weighted by Gasteiger charge is 2.18. The van der Waals surface area contributed by atoms with Crippen LogP contribution in [0.3, 0.4) is 0 Å². The maximum Gasteiger partial charge on any atom is 0.0991 e. The third-order valence-corrected chi connectivity index (χ3v) is 8.42. The third kappa shape index (κ3) is 3.60. The van der Waals surface area contributed by atoms with E-state index in [0.29, 0.717) is 11.1 Å². The Morgan fingerprint density at radius 1 is 0.548 bits per heavy atom. The lowest BCUT2D eigenvalue weighted by Crippen LogP contribution is -2.01. The molecule has 7 aromatic rings. The summed E-state index contributed by atoms with van der Waals surface area (Å²) >= 11 is 0. The second-order valence-corrected chi connectivity index (χ2v) is 10.8. The Hall–Kier alpha value is -5.84. The smallest absolute Gasteiger partial charge is 0.0991 e. The summed E-state index contributed by atoms with van der Waals surface area (Å²) in [4.78, 5) is 0. The summed E-state index contributed by atoms with van der Waals surface area (Å²) in [6, 6.07) is 42.1. The van der Waals surface area contributed by atoms with E-state index in [4.69, 9.17) is 0 Å². The van der Waals surface area contributed by atoms with Gasteiger partial charge < -0.3 is 9.13 Å². The van der Waals surface area contributed by atoms with E-state index < -0.39 is 0 Å². The molecule has 0 atom stereocenters. The van der Waals surface area contributed by atoms with Gasteiger partial charge in [-0.25, -0.2) is 0 Å². The van der Waals surface area contributed by atoms with Crippen molar-refractivity contribution >= 4 is 54.9 Å². The standard InChI is InChI=1S/C38H24N4/c39-23-25-15-17-37-33(19-25)31-11-1-3-13-35(31)41(37)29-9-5-7-27(21-29)28-8-6-10-30(22-28)42-36-14-4-2-12-32(36)34-20-26(24-40)16-18-38(34)42/h1-5,7-9,11-22H,6,10H2. The number of hydrogen-bond donors (Lipinski definition) is 0. The van der Waals surface area contributed by atoms with Crippen molar-refractivity contribution in [3.05, 3.63) is 138 Å². The Balaban J connectivity index is 1.28. The number of nitriles is 2. The lowest BCUT2D eigenvalue weighted by atomic mass is 9.97. The van der Waals surface area contributed by atoms with Crippen LogP contribution in [-0.2, 0) is 0 Å². The molecular formula is C38H24N4. The van der Waals surface area contributed by atoms with Gasteiger partial charge in [0.05, 0.1) is 45.3 Å². The first-order valence-electron chi connectivity index (χ1n) is 14.1. The number of hydrogen-bond acceptors (Lipinski definition) is 2. The first-order chi connectivity index (χ1) is 20.7.